The Hall–Kier alpha value is -9.55. The number of aromatic amines is 1. The van der Waals surface area contributed by atoms with E-state index in [0.717, 1.165) is 83.3 Å². The molecule has 1 aliphatic rings. The van der Waals surface area contributed by atoms with Gasteiger partial charge in [-0.2, -0.15) is 10.2 Å². The molecule has 93 heavy (non-hydrogen) atoms. The number of halogens is 1. The summed E-state index contributed by atoms with van der Waals surface area (Å²) in [4.78, 5) is 60.5. The number of sulfonamides is 1. The van der Waals surface area contributed by atoms with Crippen LogP contribution in [0.15, 0.2) is 145 Å². The summed E-state index contributed by atoms with van der Waals surface area (Å²) in [6, 6.07) is 37.8. The third-order valence-corrected chi connectivity index (χ3v) is 20.0. The molecule has 10 N–H and O–H groups in total. The summed E-state index contributed by atoms with van der Waals surface area (Å²) >= 11 is 11.7. The van der Waals surface area contributed by atoms with Gasteiger partial charge in [0.1, 0.15) is 47.6 Å². The zero-order valence-electron chi connectivity index (χ0n) is 50.9. The predicted molar refractivity (Wildman–Crippen MR) is 371 cm³/mol. The van der Waals surface area contributed by atoms with Crippen LogP contribution in [0.2, 0.25) is 5.02 Å². The van der Waals surface area contributed by atoms with E-state index in [1.54, 1.807) is 42.7 Å². The average molecular weight is 1360 g/mol. The van der Waals surface area contributed by atoms with Crippen molar-refractivity contribution in [1.29, 1.82) is 0 Å². The van der Waals surface area contributed by atoms with E-state index in [9.17, 15) is 18.0 Å². The minimum Gasteiger partial charge on any atom is -0.461 e. The maximum Gasteiger partial charge on any atom is 0.358 e. The predicted octanol–water partition coefficient (Wildman–Crippen LogP) is 13.8. The lowest BCUT2D eigenvalue weighted by atomic mass is 9.96. The summed E-state index contributed by atoms with van der Waals surface area (Å²) in [6.07, 6.45) is 11.5. The van der Waals surface area contributed by atoms with Crippen LogP contribution in [-0.2, 0) is 21.2 Å². The summed E-state index contributed by atoms with van der Waals surface area (Å²) in [6.45, 7) is 8.10. The number of hydrogen-bond acceptors (Lipinski definition) is 23. The molecule has 0 atom stereocenters. The van der Waals surface area contributed by atoms with Crippen LogP contribution in [0.4, 0.5) is 44.8 Å². The number of nitrogens with one attached hydrogen (secondary N) is 4. The summed E-state index contributed by atoms with van der Waals surface area (Å²) < 4.78 is 29.9. The number of nitrogens with two attached hydrogens (primary N) is 3. The number of nitrogen functional groups attached to an aromatic ring is 1. The molecule has 29 heteroatoms. The molecular weight excluding hydrogens is 1300 g/mol. The van der Waals surface area contributed by atoms with Gasteiger partial charge < -0.3 is 37.1 Å². The van der Waals surface area contributed by atoms with E-state index in [1.165, 1.54) is 71.7 Å². The Kier molecular flexibility index (Phi) is 20.2. The van der Waals surface area contributed by atoms with Gasteiger partial charge in [-0.05, 0) is 136 Å². The number of fused-ring (bicyclic) bond motifs is 1. The molecule has 0 radical (unpaired) electrons. The largest absolute Gasteiger partial charge is 0.461 e. The minimum absolute atomic E-state index is 0.0117. The molecule has 12 aromatic rings. The zero-order valence-corrected chi connectivity index (χ0v) is 55.8. The van der Waals surface area contributed by atoms with Gasteiger partial charge in [-0.1, -0.05) is 96.0 Å². The Bertz CT molecular complexity index is 4680. The number of benzene rings is 4. The summed E-state index contributed by atoms with van der Waals surface area (Å²) in [7, 11) is -1.80. The smallest absolute Gasteiger partial charge is 0.358 e. The van der Waals surface area contributed by atoms with Crippen molar-refractivity contribution in [3.8, 4) is 41.9 Å². The Labute approximate surface area is 556 Å². The highest BCUT2D eigenvalue weighted by molar-refractivity contribution is 7.89. The zero-order chi connectivity index (χ0) is 65.3. The standard InChI is InChI=1S/C22H26N6OS.C22H21N5O4S3.C20H16ClN7S/c1-13-10-14(2)12-16(11-13)26-22-24-9-8-17(27-22)20-28-18(19(23)29)21(30-20)25-15-6-4-3-5-7-15;1-2-31-21(28)17-16(12-13-6-4-3-5-7-13)32-20(26-17)18-19(23)27-22(33-18)25-14-8-10-15(11-9-14)34(24,29)30;1-12-16(15-5-3-4-10-28(15)26-12)20-24-19(17(29-20)18-22-11-23-25-18)27(2)14-8-6-13(21)7-9-14/h8-12,15,25H,3-7H2,1-2H3,(H2,23,29)(H,24,26,27);3-11H,2,12,23H2,1H3,(H,25,27)(H2,24,29,30);3-11H,1-2H3,(H,22,23,25). The first kappa shape index (κ1) is 65.0. The molecule has 1 fully saturated rings. The third-order valence-electron chi connectivity index (χ3n) is 14.5. The quantitative estimate of drug-likeness (QED) is 0.0392. The number of rotatable bonds is 18. The van der Waals surface area contributed by atoms with Crippen molar-refractivity contribution in [3.05, 3.63) is 184 Å². The van der Waals surface area contributed by atoms with Gasteiger partial charge in [0.25, 0.3) is 5.91 Å². The summed E-state index contributed by atoms with van der Waals surface area (Å²) in [5.74, 6) is 1.21. The maximum atomic E-state index is 12.5. The Morgan fingerprint density at radius 3 is 2.20 bits per heavy atom. The van der Waals surface area contributed by atoms with Crippen molar-refractivity contribution in [2.75, 3.05) is 40.2 Å². The molecule has 8 aromatic heterocycles. The molecule has 476 valence electrons. The van der Waals surface area contributed by atoms with Crippen molar-refractivity contribution >= 4 is 129 Å². The number of esters is 1. The summed E-state index contributed by atoms with van der Waals surface area (Å²) in [5.41, 5.74) is 21.8. The van der Waals surface area contributed by atoms with Crippen LogP contribution in [0.1, 0.15) is 87.3 Å². The highest BCUT2D eigenvalue weighted by atomic mass is 35.5. The number of primary amides is 1. The van der Waals surface area contributed by atoms with E-state index >= 15 is 0 Å². The molecule has 0 aliphatic heterocycles. The Morgan fingerprint density at radius 1 is 0.774 bits per heavy atom. The molecule has 0 spiro atoms. The van der Waals surface area contributed by atoms with E-state index in [0.29, 0.717) is 60.7 Å². The molecule has 8 heterocycles. The van der Waals surface area contributed by atoms with Crippen LogP contribution in [0.25, 0.3) is 47.4 Å². The molecule has 13 rings (SSSR count). The van der Waals surface area contributed by atoms with E-state index in [-0.39, 0.29) is 28.7 Å². The maximum absolute atomic E-state index is 12.5. The number of nitrogens with zero attached hydrogens (tertiary/aromatic N) is 11. The first-order valence-electron chi connectivity index (χ1n) is 29.3. The van der Waals surface area contributed by atoms with Gasteiger partial charge in [0.2, 0.25) is 16.0 Å². The lowest BCUT2D eigenvalue weighted by Crippen LogP contribution is -2.23. The molecule has 1 amide bonds. The fourth-order valence-corrected chi connectivity index (χ4v) is 15.1. The number of aromatic nitrogens is 11. The molecule has 23 nitrogen and oxygen atoms in total. The van der Waals surface area contributed by atoms with E-state index in [4.69, 9.17) is 37.9 Å². The van der Waals surface area contributed by atoms with Crippen molar-refractivity contribution in [3.63, 3.8) is 0 Å². The molecule has 1 saturated carbocycles. The van der Waals surface area contributed by atoms with Crippen LogP contribution in [0, 0.1) is 20.8 Å². The highest BCUT2D eigenvalue weighted by Gasteiger charge is 2.27. The van der Waals surface area contributed by atoms with Crippen molar-refractivity contribution in [2.45, 2.75) is 77.2 Å². The third kappa shape index (κ3) is 15.9. The second-order valence-electron chi connectivity index (χ2n) is 21.4. The number of aryl methyl sites for hydroxylation is 3. The first-order chi connectivity index (χ1) is 44.8. The fourth-order valence-electron chi connectivity index (χ4n) is 10.2. The highest BCUT2D eigenvalue weighted by Crippen LogP contribution is 2.44. The van der Waals surface area contributed by atoms with Gasteiger partial charge in [-0.15, -0.1) is 22.7 Å². The topological polar surface area (TPSA) is 331 Å². The SMILES string of the molecule is CCOC(=O)c1nc(-c2sc(Nc3ccc(S(N)(=O)=O)cc3)nc2N)sc1Cc1ccccc1.Cc1cc(C)cc(Nc2nccc(-c3nc(C(N)=O)c(NC4CCCCC4)s3)n2)c1.Cc1nn2ccccc2c1-c1nc(N(C)c2ccc(Cl)cc2)c(-c2ncn[nH]2)s1. The van der Waals surface area contributed by atoms with Crippen molar-refractivity contribution in [1.82, 2.24) is 54.7 Å². The van der Waals surface area contributed by atoms with Crippen LogP contribution in [0.3, 0.4) is 0 Å². The molecular formula is C64H63ClN18O5S5. The van der Waals surface area contributed by atoms with Crippen molar-refractivity contribution in [2.24, 2.45) is 10.9 Å². The van der Waals surface area contributed by atoms with E-state index in [1.807, 2.05) is 115 Å². The number of amides is 1. The number of pyridine rings is 1. The normalized spacial score (nSPS) is 12.3. The fraction of sp³-hybridized carbons (Fsp3) is 0.203. The second-order valence-corrected chi connectivity index (χ2v) is 27.5. The van der Waals surface area contributed by atoms with Gasteiger partial charge in [0.15, 0.2) is 28.2 Å². The summed E-state index contributed by atoms with van der Waals surface area (Å²) in [5, 5.41) is 30.6. The first-order valence-corrected chi connectivity index (χ1v) is 34.5. The van der Waals surface area contributed by atoms with Gasteiger partial charge in [-0.25, -0.2) is 57.8 Å². The van der Waals surface area contributed by atoms with E-state index in [2.05, 4.69) is 81.1 Å². The van der Waals surface area contributed by atoms with Crippen LogP contribution in [0.5, 0.6) is 0 Å². The number of anilines is 8. The number of primary sulfonamides is 1. The van der Waals surface area contributed by atoms with Gasteiger partial charge >= 0.3 is 5.97 Å². The molecule has 4 aromatic carbocycles. The van der Waals surface area contributed by atoms with Gasteiger partial charge in [0, 0.05) is 58.9 Å². The van der Waals surface area contributed by atoms with Gasteiger partial charge in [0.05, 0.1) is 28.3 Å². The Morgan fingerprint density at radius 2 is 1.51 bits per heavy atom. The second kappa shape index (κ2) is 29.0. The van der Waals surface area contributed by atoms with E-state index < -0.39 is 21.9 Å². The van der Waals surface area contributed by atoms with Crippen molar-refractivity contribution < 1.29 is 22.7 Å². The number of H-pyrrole nitrogens is 1. The molecule has 0 bridgehead atoms. The van der Waals surface area contributed by atoms with Crippen LogP contribution < -0.4 is 37.5 Å². The average Bonchev–Trinajstić information content (AvgIpc) is 1.63. The lowest BCUT2D eigenvalue weighted by molar-refractivity contribution is 0.0519. The van der Waals surface area contributed by atoms with Crippen LogP contribution >= 0.6 is 56.9 Å². The van der Waals surface area contributed by atoms with Gasteiger partial charge in [-0.3, -0.25) is 9.89 Å². The Balaban J connectivity index is 0.000000143. The minimum atomic E-state index is -3.77. The number of carbonyl (C=O) groups excluding carboxylic acids is 2. The molecule has 1 aliphatic carbocycles. The number of carbonyl (C=O) groups is 2. The monoisotopic (exact) mass is 1360 g/mol. The number of ether oxygens (including phenoxy) is 1. The van der Waals surface area contributed by atoms with Crippen LogP contribution in [-0.4, -0.2) is 94.7 Å². The lowest BCUT2D eigenvalue weighted by Gasteiger charge is -2.23. The number of hydrogen-bond donors (Lipinski definition) is 7. The molecule has 0 saturated heterocycles. The molecule has 0 unspecified atom stereocenters. The number of thiazole rings is 4.